The molecule has 3 aliphatic rings. The van der Waals surface area contributed by atoms with Crippen LogP contribution in [0.25, 0.3) is 0 Å². The van der Waals surface area contributed by atoms with Crippen LogP contribution in [0.15, 0.2) is 27.8 Å². The first-order valence-electron chi connectivity index (χ1n) is 11.3. The van der Waals surface area contributed by atoms with E-state index in [1.807, 2.05) is 12.1 Å². The number of hydrogen-bond donors (Lipinski definition) is 2. The highest BCUT2D eigenvalue weighted by molar-refractivity contribution is 14.0. The number of furan rings is 1. The standard InChI is InChI=1S/C22H36N4O3.HI/c1-3-20(28-12-1)5-9-23-22(24-15-21-4-2-13-29-21)25-19-6-10-26(11-7-19)16-18-8-14-27-17-18;/h1,3,12,18-19,21H,2,4-11,13-17H2,(H2,23,24,25);1H. The van der Waals surface area contributed by atoms with Gasteiger partial charge < -0.3 is 29.4 Å². The predicted octanol–water partition coefficient (Wildman–Crippen LogP) is 2.66. The zero-order valence-corrected chi connectivity index (χ0v) is 20.2. The Bertz CT molecular complexity index is 608. The van der Waals surface area contributed by atoms with Crippen LogP contribution >= 0.6 is 24.0 Å². The lowest BCUT2D eigenvalue weighted by Crippen LogP contribution is -2.49. The molecule has 0 aliphatic carbocycles. The molecule has 0 saturated carbocycles. The summed E-state index contributed by atoms with van der Waals surface area (Å²) in [6.07, 6.45) is 8.66. The number of nitrogens with one attached hydrogen (secondary N) is 2. The van der Waals surface area contributed by atoms with E-state index in [1.165, 1.54) is 13.0 Å². The molecule has 2 unspecified atom stereocenters. The van der Waals surface area contributed by atoms with Gasteiger partial charge in [0.25, 0.3) is 0 Å². The van der Waals surface area contributed by atoms with Crippen molar-refractivity contribution in [2.45, 2.75) is 50.7 Å². The molecule has 0 aromatic carbocycles. The number of nitrogens with zero attached hydrogens (tertiary/aromatic N) is 2. The summed E-state index contributed by atoms with van der Waals surface area (Å²) in [7, 11) is 0. The van der Waals surface area contributed by atoms with Crippen LogP contribution in [0.2, 0.25) is 0 Å². The second-order valence-corrected chi connectivity index (χ2v) is 8.53. The van der Waals surface area contributed by atoms with Gasteiger partial charge in [0, 0.05) is 51.9 Å². The third-order valence-corrected chi connectivity index (χ3v) is 6.19. The lowest BCUT2D eigenvalue weighted by Gasteiger charge is -2.34. The molecule has 7 nitrogen and oxygen atoms in total. The Hall–Kier alpha value is -0.840. The van der Waals surface area contributed by atoms with Crippen molar-refractivity contribution in [3.8, 4) is 0 Å². The molecule has 3 aliphatic heterocycles. The topological polar surface area (TPSA) is 71.3 Å². The first-order valence-corrected chi connectivity index (χ1v) is 11.3. The summed E-state index contributed by atoms with van der Waals surface area (Å²) in [4.78, 5) is 7.43. The number of guanidine groups is 1. The molecule has 2 atom stereocenters. The summed E-state index contributed by atoms with van der Waals surface area (Å²) in [6.45, 7) is 7.79. The van der Waals surface area contributed by atoms with Gasteiger partial charge in [0.1, 0.15) is 5.76 Å². The van der Waals surface area contributed by atoms with Gasteiger partial charge in [-0.3, -0.25) is 4.99 Å². The normalized spacial score (nSPS) is 25.9. The Morgan fingerprint density at radius 1 is 1.17 bits per heavy atom. The highest BCUT2D eigenvalue weighted by atomic mass is 127. The largest absolute Gasteiger partial charge is 0.469 e. The van der Waals surface area contributed by atoms with Gasteiger partial charge in [-0.05, 0) is 50.2 Å². The summed E-state index contributed by atoms with van der Waals surface area (Å²) >= 11 is 0. The molecule has 0 spiro atoms. The van der Waals surface area contributed by atoms with Gasteiger partial charge in [-0.1, -0.05) is 0 Å². The predicted molar refractivity (Wildman–Crippen MR) is 129 cm³/mol. The zero-order valence-electron chi connectivity index (χ0n) is 17.9. The Morgan fingerprint density at radius 3 is 2.77 bits per heavy atom. The van der Waals surface area contributed by atoms with Crippen molar-refractivity contribution in [3.05, 3.63) is 24.2 Å². The van der Waals surface area contributed by atoms with Crippen LogP contribution in [-0.4, -0.2) is 75.5 Å². The highest BCUT2D eigenvalue weighted by Crippen LogP contribution is 2.18. The monoisotopic (exact) mass is 532 g/mol. The fourth-order valence-electron chi connectivity index (χ4n) is 4.44. The summed E-state index contributed by atoms with van der Waals surface area (Å²) < 4.78 is 16.7. The number of ether oxygens (including phenoxy) is 2. The van der Waals surface area contributed by atoms with Gasteiger partial charge in [0.15, 0.2) is 5.96 Å². The molecule has 1 aromatic rings. The lowest BCUT2D eigenvalue weighted by atomic mass is 10.0. The van der Waals surface area contributed by atoms with Crippen molar-refractivity contribution < 1.29 is 13.9 Å². The third-order valence-electron chi connectivity index (χ3n) is 6.19. The molecule has 0 bridgehead atoms. The number of rotatable bonds is 8. The van der Waals surface area contributed by atoms with Crippen molar-refractivity contribution in [2.75, 3.05) is 52.5 Å². The van der Waals surface area contributed by atoms with E-state index in [2.05, 4.69) is 15.5 Å². The molecular weight excluding hydrogens is 495 g/mol. The highest BCUT2D eigenvalue weighted by Gasteiger charge is 2.24. The number of hydrogen-bond acceptors (Lipinski definition) is 5. The van der Waals surface area contributed by atoms with E-state index in [1.54, 1.807) is 6.26 Å². The van der Waals surface area contributed by atoms with Crippen LogP contribution in [0.1, 0.15) is 37.9 Å². The van der Waals surface area contributed by atoms with Crippen molar-refractivity contribution in [2.24, 2.45) is 10.9 Å². The van der Waals surface area contributed by atoms with Crippen LogP contribution in [-0.2, 0) is 15.9 Å². The van der Waals surface area contributed by atoms with Gasteiger partial charge in [-0.25, -0.2) is 0 Å². The van der Waals surface area contributed by atoms with E-state index in [0.717, 1.165) is 95.7 Å². The SMILES string of the molecule is I.c1coc(CCNC(=NCC2CCCO2)NC2CCN(CC3CCOC3)CC2)c1. The average Bonchev–Trinajstić information content (AvgIpc) is 3.51. The van der Waals surface area contributed by atoms with Crippen molar-refractivity contribution in [1.29, 1.82) is 0 Å². The second kappa shape index (κ2) is 12.9. The second-order valence-electron chi connectivity index (χ2n) is 8.53. The molecule has 0 radical (unpaired) electrons. The molecule has 0 amide bonds. The molecule has 2 N–H and O–H groups in total. The molecule has 170 valence electrons. The van der Waals surface area contributed by atoms with Crippen LogP contribution in [0.5, 0.6) is 0 Å². The molecule has 4 rings (SSSR count). The number of aliphatic imine (C=N–C) groups is 1. The Balaban J connectivity index is 0.00000256. The van der Waals surface area contributed by atoms with E-state index in [-0.39, 0.29) is 30.1 Å². The first kappa shape index (κ1) is 23.8. The van der Waals surface area contributed by atoms with Crippen LogP contribution < -0.4 is 10.6 Å². The van der Waals surface area contributed by atoms with Crippen LogP contribution in [0.4, 0.5) is 0 Å². The minimum atomic E-state index is 0. The van der Waals surface area contributed by atoms with Gasteiger partial charge in [0.2, 0.25) is 0 Å². The van der Waals surface area contributed by atoms with Crippen molar-refractivity contribution in [1.82, 2.24) is 15.5 Å². The van der Waals surface area contributed by atoms with E-state index in [0.29, 0.717) is 6.04 Å². The molecule has 3 fully saturated rings. The molecule has 8 heteroatoms. The Kier molecular flexibility index (Phi) is 10.2. The van der Waals surface area contributed by atoms with Crippen LogP contribution in [0, 0.1) is 5.92 Å². The van der Waals surface area contributed by atoms with Gasteiger partial charge in [0.05, 0.1) is 25.5 Å². The minimum Gasteiger partial charge on any atom is -0.469 e. The molecular formula is C22H37IN4O3. The fraction of sp³-hybridized carbons (Fsp3) is 0.773. The Labute approximate surface area is 197 Å². The van der Waals surface area contributed by atoms with E-state index in [4.69, 9.17) is 18.9 Å². The maximum Gasteiger partial charge on any atom is 0.191 e. The maximum atomic E-state index is 5.74. The molecule has 4 heterocycles. The summed E-state index contributed by atoms with van der Waals surface area (Å²) in [6, 6.07) is 4.43. The Morgan fingerprint density at radius 2 is 2.07 bits per heavy atom. The van der Waals surface area contributed by atoms with Crippen molar-refractivity contribution >= 4 is 29.9 Å². The molecule has 1 aromatic heterocycles. The van der Waals surface area contributed by atoms with Crippen molar-refractivity contribution in [3.63, 3.8) is 0 Å². The fourth-order valence-corrected chi connectivity index (χ4v) is 4.44. The molecule has 3 saturated heterocycles. The van der Waals surface area contributed by atoms with Gasteiger partial charge in [-0.15, -0.1) is 24.0 Å². The zero-order chi connectivity index (χ0) is 19.7. The van der Waals surface area contributed by atoms with Gasteiger partial charge in [-0.2, -0.15) is 0 Å². The van der Waals surface area contributed by atoms with Crippen LogP contribution in [0.3, 0.4) is 0 Å². The van der Waals surface area contributed by atoms with Gasteiger partial charge >= 0.3 is 0 Å². The average molecular weight is 532 g/mol. The third kappa shape index (κ3) is 7.69. The van der Waals surface area contributed by atoms with E-state index < -0.39 is 0 Å². The minimum absolute atomic E-state index is 0. The van der Waals surface area contributed by atoms with E-state index in [9.17, 15) is 0 Å². The number of halogens is 1. The maximum absolute atomic E-state index is 5.74. The summed E-state index contributed by atoms with van der Waals surface area (Å²) in [5, 5.41) is 7.17. The molecule has 30 heavy (non-hydrogen) atoms. The summed E-state index contributed by atoms with van der Waals surface area (Å²) in [5.41, 5.74) is 0. The quantitative estimate of drug-likeness (QED) is 0.305. The number of piperidine rings is 1. The lowest BCUT2D eigenvalue weighted by molar-refractivity contribution is 0.117. The number of likely N-dealkylation sites (tertiary alicyclic amines) is 1. The first-order chi connectivity index (χ1) is 14.3. The summed E-state index contributed by atoms with van der Waals surface area (Å²) in [5.74, 6) is 2.64. The smallest absolute Gasteiger partial charge is 0.191 e. The van der Waals surface area contributed by atoms with E-state index >= 15 is 0 Å².